The van der Waals surface area contributed by atoms with Crippen molar-refractivity contribution in [2.75, 3.05) is 59.7 Å². The van der Waals surface area contributed by atoms with Crippen molar-refractivity contribution in [2.24, 2.45) is 10.9 Å². The minimum absolute atomic E-state index is 0.144. The van der Waals surface area contributed by atoms with E-state index in [4.69, 9.17) is 9.47 Å². The number of methoxy groups -OCH3 is 1. The van der Waals surface area contributed by atoms with Gasteiger partial charge in [-0.05, 0) is 30.5 Å². The zero-order chi connectivity index (χ0) is 19.5. The molecule has 0 radical (unpaired) electrons. The molecule has 7 heteroatoms. The third kappa shape index (κ3) is 7.01. The van der Waals surface area contributed by atoms with Crippen molar-refractivity contribution in [2.45, 2.75) is 19.9 Å². The summed E-state index contributed by atoms with van der Waals surface area (Å²) in [6, 6.07) is 8.48. The van der Waals surface area contributed by atoms with Crippen molar-refractivity contribution in [1.29, 1.82) is 0 Å². The van der Waals surface area contributed by atoms with Gasteiger partial charge < -0.3 is 25.2 Å². The molecule has 152 valence electrons. The van der Waals surface area contributed by atoms with Crippen molar-refractivity contribution in [1.82, 2.24) is 15.5 Å². The summed E-state index contributed by atoms with van der Waals surface area (Å²) in [6.45, 7) is 9.65. The third-order valence-electron chi connectivity index (χ3n) is 4.67. The molecule has 0 aliphatic carbocycles. The molecular formula is C20H34N4O3. The standard InChI is InChI=1S/C20H34N4O3/c1-4-21-20(22-13-16(2)15-25)23-14-19(24-9-11-27-12-10-24)17-5-7-18(26-3)8-6-17/h5-8,16,19,25H,4,9-15H2,1-3H3,(H2,21,22,23). The average Bonchev–Trinajstić information content (AvgIpc) is 2.73. The largest absolute Gasteiger partial charge is 0.497 e. The van der Waals surface area contributed by atoms with Crippen LogP contribution in [0.15, 0.2) is 29.3 Å². The Balaban J connectivity index is 2.09. The Kier molecular flexibility index (Phi) is 9.38. The Labute approximate surface area is 162 Å². The molecule has 2 atom stereocenters. The summed E-state index contributed by atoms with van der Waals surface area (Å²) in [5.41, 5.74) is 1.24. The van der Waals surface area contributed by atoms with Crippen molar-refractivity contribution < 1.29 is 14.6 Å². The Morgan fingerprint density at radius 2 is 1.96 bits per heavy atom. The first-order valence-corrected chi connectivity index (χ1v) is 9.76. The molecule has 3 N–H and O–H groups in total. The molecule has 0 saturated carbocycles. The minimum atomic E-state index is 0.144. The molecule has 0 spiro atoms. The van der Waals surface area contributed by atoms with Gasteiger partial charge in [0.05, 0.1) is 26.4 Å². The van der Waals surface area contributed by atoms with Gasteiger partial charge in [-0.1, -0.05) is 19.1 Å². The summed E-state index contributed by atoms with van der Waals surface area (Å²) in [5, 5.41) is 16.0. The van der Waals surface area contributed by atoms with Crippen molar-refractivity contribution in [3.05, 3.63) is 29.8 Å². The lowest BCUT2D eigenvalue weighted by Crippen LogP contribution is -2.46. The summed E-state index contributed by atoms with van der Waals surface area (Å²) < 4.78 is 10.8. The summed E-state index contributed by atoms with van der Waals surface area (Å²) in [6.07, 6.45) is 0. The van der Waals surface area contributed by atoms with E-state index in [1.807, 2.05) is 19.1 Å². The number of hydrogen-bond donors (Lipinski definition) is 3. The molecule has 2 rings (SSSR count). The summed E-state index contributed by atoms with van der Waals surface area (Å²) in [5.74, 6) is 1.79. The van der Waals surface area contributed by atoms with Gasteiger partial charge in [0, 0.05) is 39.3 Å². The van der Waals surface area contributed by atoms with Crippen LogP contribution in [0, 0.1) is 5.92 Å². The fraction of sp³-hybridized carbons (Fsp3) is 0.650. The van der Waals surface area contributed by atoms with E-state index in [0.717, 1.165) is 51.1 Å². The maximum Gasteiger partial charge on any atom is 0.191 e. The van der Waals surface area contributed by atoms with Gasteiger partial charge >= 0.3 is 0 Å². The van der Waals surface area contributed by atoms with Gasteiger partial charge in [-0.2, -0.15) is 0 Å². The lowest BCUT2D eigenvalue weighted by atomic mass is 10.0. The Morgan fingerprint density at radius 3 is 2.56 bits per heavy atom. The highest BCUT2D eigenvalue weighted by molar-refractivity contribution is 5.79. The summed E-state index contributed by atoms with van der Waals surface area (Å²) in [4.78, 5) is 7.04. The number of morpholine rings is 1. The van der Waals surface area contributed by atoms with Crippen LogP contribution in [0.1, 0.15) is 25.5 Å². The van der Waals surface area contributed by atoms with E-state index in [2.05, 4.69) is 39.6 Å². The molecule has 0 amide bonds. The maximum atomic E-state index is 9.22. The first-order valence-electron chi connectivity index (χ1n) is 9.76. The normalized spacial score (nSPS) is 18.0. The van der Waals surface area contributed by atoms with Gasteiger partial charge in [-0.25, -0.2) is 0 Å². The molecule has 1 fully saturated rings. The molecule has 1 saturated heterocycles. The van der Waals surface area contributed by atoms with Crippen LogP contribution in [0.2, 0.25) is 0 Å². The zero-order valence-electron chi connectivity index (χ0n) is 16.8. The molecule has 7 nitrogen and oxygen atoms in total. The van der Waals surface area contributed by atoms with Gasteiger partial charge in [0.2, 0.25) is 0 Å². The number of aliphatic imine (C=N–C) groups is 1. The van der Waals surface area contributed by atoms with Crippen LogP contribution < -0.4 is 15.4 Å². The molecule has 0 bridgehead atoms. The Bertz CT molecular complexity index is 559. The highest BCUT2D eigenvalue weighted by Gasteiger charge is 2.23. The monoisotopic (exact) mass is 378 g/mol. The number of hydrogen-bond acceptors (Lipinski definition) is 5. The molecule has 2 unspecified atom stereocenters. The predicted octanol–water partition coefficient (Wildman–Crippen LogP) is 1.25. The van der Waals surface area contributed by atoms with Gasteiger partial charge in [-0.3, -0.25) is 9.89 Å². The number of aliphatic hydroxyl groups excluding tert-OH is 1. The van der Waals surface area contributed by atoms with E-state index in [0.29, 0.717) is 6.54 Å². The van der Waals surface area contributed by atoms with Crippen molar-refractivity contribution >= 4 is 5.96 Å². The quantitative estimate of drug-likeness (QED) is 0.443. The van der Waals surface area contributed by atoms with Crippen LogP contribution in [0.5, 0.6) is 5.75 Å². The number of nitrogens with zero attached hydrogens (tertiary/aromatic N) is 2. The molecule has 1 aromatic rings. The SMILES string of the molecule is CCNC(=NCC(C)CO)NCC(c1ccc(OC)cc1)N1CCOCC1. The second kappa shape index (κ2) is 11.8. The Hall–Kier alpha value is -1.83. The van der Waals surface area contributed by atoms with E-state index in [1.54, 1.807) is 7.11 Å². The van der Waals surface area contributed by atoms with E-state index in [1.165, 1.54) is 5.56 Å². The van der Waals surface area contributed by atoms with E-state index < -0.39 is 0 Å². The topological polar surface area (TPSA) is 78.4 Å². The number of ether oxygens (including phenoxy) is 2. The molecule has 27 heavy (non-hydrogen) atoms. The first kappa shape index (κ1) is 21.5. The molecule has 1 aliphatic rings. The fourth-order valence-corrected chi connectivity index (χ4v) is 3.01. The van der Waals surface area contributed by atoms with Gasteiger partial charge in [0.1, 0.15) is 5.75 Å². The van der Waals surface area contributed by atoms with Crippen LogP contribution in [-0.2, 0) is 4.74 Å². The third-order valence-corrected chi connectivity index (χ3v) is 4.67. The molecule has 1 aliphatic heterocycles. The van der Waals surface area contributed by atoms with Crippen molar-refractivity contribution in [3.63, 3.8) is 0 Å². The fourth-order valence-electron chi connectivity index (χ4n) is 3.01. The number of benzene rings is 1. The van der Waals surface area contributed by atoms with Gasteiger partial charge in [-0.15, -0.1) is 0 Å². The minimum Gasteiger partial charge on any atom is -0.497 e. The highest BCUT2D eigenvalue weighted by atomic mass is 16.5. The van der Waals surface area contributed by atoms with Crippen LogP contribution in [0.25, 0.3) is 0 Å². The van der Waals surface area contributed by atoms with E-state index in [-0.39, 0.29) is 18.6 Å². The second-order valence-corrected chi connectivity index (χ2v) is 6.83. The smallest absolute Gasteiger partial charge is 0.191 e. The van der Waals surface area contributed by atoms with E-state index in [9.17, 15) is 5.11 Å². The van der Waals surface area contributed by atoms with E-state index >= 15 is 0 Å². The maximum absolute atomic E-state index is 9.22. The van der Waals surface area contributed by atoms with Gasteiger partial charge in [0.25, 0.3) is 0 Å². The average molecular weight is 379 g/mol. The van der Waals surface area contributed by atoms with Crippen molar-refractivity contribution in [3.8, 4) is 5.75 Å². The summed E-state index contributed by atoms with van der Waals surface area (Å²) in [7, 11) is 1.68. The van der Waals surface area contributed by atoms with Gasteiger partial charge in [0.15, 0.2) is 5.96 Å². The molecule has 1 heterocycles. The lowest BCUT2D eigenvalue weighted by molar-refractivity contribution is 0.0170. The molecule has 1 aromatic carbocycles. The number of nitrogens with one attached hydrogen (secondary N) is 2. The number of guanidine groups is 1. The first-order chi connectivity index (χ1) is 13.2. The van der Waals surface area contributed by atoms with Crippen LogP contribution in [-0.4, -0.2) is 75.6 Å². The number of aliphatic hydroxyl groups is 1. The highest BCUT2D eigenvalue weighted by Crippen LogP contribution is 2.23. The molecular weight excluding hydrogens is 344 g/mol. The lowest BCUT2D eigenvalue weighted by Gasteiger charge is -2.35. The number of rotatable bonds is 9. The molecule has 0 aromatic heterocycles. The van der Waals surface area contributed by atoms with Crippen LogP contribution >= 0.6 is 0 Å². The predicted molar refractivity (Wildman–Crippen MR) is 108 cm³/mol. The summed E-state index contributed by atoms with van der Waals surface area (Å²) >= 11 is 0. The van der Waals surface area contributed by atoms with Crippen LogP contribution in [0.4, 0.5) is 0 Å². The second-order valence-electron chi connectivity index (χ2n) is 6.83. The zero-order valence-corrected chi connectivity index (χ0v) is 16.8. The van der Waals surface area contributed by atoms with Crippen LogP contribution in [0.3, 0.4) is 0 Å². The Morgan fingerprint density at radius 1 is 1.26 bits per heavy atom.